The zero-order valence-electron chi connectivity index (χ0n) is 8.60. The fraction of sp³-hybridized carbons (Fsp3) is 0.300. The smallest absolute Gasteiger partial charge is 0.244 e. The van der Waals surface area contributed by atoms with Gasteiger partial charge in [-0.1, -0.05) is 0 Å². The molecule has 0 aliphatic rings. The molecule has 4 heteroatoms. The number of nitrogens with zero attached hydrogens (tertiary/aromatic N) is 4. The molecule has 0 N–H and O–H groups in total. The third kappa shape index (κ3) is 1.28. The van der Waals surface area contributed by atoms with Gasteiger partial charge in [0.15, 0.2) is 5.69 Å². The first kappa shape index (κ1) is 8.87. The fourth-order valence-electron chi connectivity index (χ4n) is 1.56. The van der Waals surface area contributed by atoms with Crippen LogP contribution in [0.25, 0.3) is 11.5 Å². The van der Waals surface area contributed by atoms with Gasteiger partial charge in [0.05, 0.1) is 14.1 Å². The minimum atomic E-state index is 0.981. The van der Waals surface area contributed by atoms with Crippen LogP contribution in [0.2, 0.25) is 0 Å². The van der Waals surface area contributed by atoms with E-state index in [1.165, 1.54) is 0 Å². The summed E-state index contributed by atoms with van der Waals surface area (Å²) in [6, 6.07) is 0. The van der Waals surface area contributed by atoms with Crippen molar-refractivity contribution in [3.8, 4) is 11.5 Å². The van der Waals surface area contributed by atoms with Crippen LogP contribution in [0.15, 0.2) is 24.9 Å². The van der Waals surface area contributed by atoms with Crippen molar-refractivity contribution in [1.29, 1.82) is 0 Å². The van der Waals surface area contributed by atoms with Gasteiger partial charge in [-0.25, -0.2) is 19.1 Å². The molecule has 0 saturated heterocycles. The second kappa shape index (κ2) is 3.21. The van der Waals surface area contributed by atoms with Crippen molar-refractivity contribution in [3.63, 3.8) is 0 Å². The lowest BCUT2D eigenvalue weighted by molar-refractivity contribution is -0.659. The molecule has 2 heterocycles. The highest BCUT2D eigenvalue weighted by molar-refractivity contribution is 5.50. The maximum atomic E-state index is 4.29. The van der Waals surface area contributed by atoms with Crippen molar-refractivity contribution in [1.82, 2.24) is 14.5 Å². The maximum absolute atomic E-state index is 4.29. The van der Waals surface area contributed by atoms with Gasteiger partial charge in [-0.2, -0.15) is 0 Å². The molecule has 0 aliphatic carbocycles. The van der Waals surface area contributed by atoms with Crippen molar-refractivity contribution in [2.45, 2.75) is 6.92 Å². The van der Waals surface area contributed by atoms with Crippen LogP contribution in [0.3, 0.4) is 0 Å². The van der Waals surface area contributed by atoms with Crippen LogP contribution in [0.4, 0.5) is 0 Å². The summed E-state index contributed by atoms with van der Waals surface area (Å²) in [6.45, 7) is 2.02. The molecular weight excluding hydrogens is 176 g/mol. The number of hydrogen-bond donors (Lipinski definition) is 0. The SMILES string of the molecule is Cc1cncnc1-c1n(C)cc[n+]1C. The highest BCUT2D eigenvalue weighted by atomic mass is 15.1. The molecule has 0 amide bonds. The summed E-state index contributed by atoms with van der Waals surface area (Å²) in [7, 11) is 4.02. The average molecular weight is 189 g/mol. The fourth-order valence-corrected chi connectivity index (χ4v) is 1.56. The number of aryl methyl sites for hydroxylation is 3. The molecule has 0 spiro atoms. The Morgan fingerprint density at radius 3 is 2.79 bits per heavy atom. The number of imidazole rings is 1. The minimum absolute atomic E-state index is 0.981. The van der Waals surface area contributed by atoms with E-state index in [1.54, 1.807) is 6.33 Å². The molecule has 0 unspecified atom stereocenters. The zero-order valence-corrected chi connectivity index (χ0v) is 8.60. The molecule has 0 saturated carbocycles. The van der Waals surface area contributed by atoms with Crippen molar-refractivity contribution in [2.75, 3.05) is 0 Å². The van der Waals surface area contributed by atoms with Gasteiger partial charge in [-0.15, -0.1) is 0 Å². The van der Waals surface area contributed by atoms with Crippen LogP contribution in [-0.2, 0) is 14.1 Å². The molecule has 72 valence electrons. The largest absolute Gasteiger partial charge is 0.307 e. The van der Waals surface area contributed by atoms with E-state index in [9.17, 15) is 0 Å². The first-order valence-electron chi connectivity index (χ1n) is 4.48. The summed E-state index contributed by atoms with van der Waals surface area (Å²) in [4.78, 5) is 8.27. The van der Waals surface area contributed by atoms with Gasteiger partial charge in [0.25, 0.3) is 0 Å². The molecule has 0 fully saturated rings. The summed E-state index contributed by atoms with van der Waals surface area (Å²) in [5.41, 5.74) is 2.07. The second-order valence-electron chi connectivity index (χ2n) is 3.40. The van der Waals surface area contributed by atoms with Crippen molar-refractivity contribution < 1.29 is 4.57 Å². The molecule has 4 nitrogen and oxygen atoms in total. The normalized spacial score (nSPS) is 10.5. The Kier molecular flexibility index (Phi) is 2.04. The summed E-state index contributed by atoms with van der Waals surface area (Å²) in [6.07, 6.45) is 7.43. The van der Waals surface area contributed by atoms with E-state index >= 15 is 0 Å². The third-order valence-electron chi connectivity index (χ3n) is 2.29. The van der Waals surface area contributed by atoms with Crippen LogP contribution < -0.4 is 4.57 Å². The van der Waals surface area contributed by atoms with Gasteiger partial charge in [-0.3, -0.25) is 0 Å². The Hall–Kier alpha value is -1.71. The summed E-state index contributed by atoms with van der Waals surface area (Å²) in [5.74, 6) is 1.09. The molecule has 0 aliphatic heterocycles. The first-order chi connectivity index (χ1) is 6.70. The molecule has 0 bridgehead atoms. The summed E-state index contributed by atoms with van der Waals surface area (Å²) >= 11 is 0. The Balaban J connectivity index is 2.66. The van der Waals surface area contributed by atoms with Gasteiger partial charge < -0.3 is 0 Å². The average Bonchev–Trinajstić information content (AvgIpc) is 2.48. The predicted octanol–water partition coefficient (Wildman–Crippen LogP) is 0.615. The molecule has 2 rings (SSSR count). The molecular formula is C10H13N4+. The lowest BCUT2D eigenvalue weighted by Crippen LogP contribution is -2.29. The highest BCUT2D eigenvalue weighted by Crippen LogP contribution is 2.14. The van der Waals surface area contributed by atoms with Gasteiger partial charge in [0.2, 0.25) is 0 Å². The number of aromatic nitrogens is 4. The first-order valence-corrected chi connectivity index (χ1v) is 4.48. The standard InChI is InChI=1S/C10H13N4/c1-8-6-11-7-12-9(8)10-13(2)4-5-14(10)3/h4-7H,1-3H3/q+1. The number of rotatable bonds is 1. The minimum Gasteiger partial charge on any atom is -0.244 e. The summed E-state index contributed by atoms with van der Waals surface area (Å²) in [5, 5.41) is 0. The van der Waals surface area contributed by atoms with Gasteiger partial charge >= 0.3 is 5.82 Å². The lowest BCUT2D eigenvalue weighted by atomic mass is 10.2. The Labute approximate surface area is 82.9 Å². The van der Waals surface area contributed by atoms with E-state index in [4.69, 9.17) is 0 Å². The highest BCUT2D eigenvalue weighted by Gasteiger charge is 2.17. The Morgan fingerprint density at radius 1 is 1.43 bits per heavy atom. The molecule has 0 radical (unpaired) electrons. The topological polar surface area (TPSA) is 34.6 Å². The molecule has 0 aromatic carbocycles. The van der Waals surface area contributed by atoms with Crippen molar-refractivity contribution in [3.05, 3.63) is 30.5 Å². The van der Waals surface area contributed by atoms with Crippen LogP contribution >= 0.6 is 0 Å². The molecule has 2 aromatic rings. The predicted molar refractivity (Wildman–Crippen MR) is 52.4 cm³/mol. The van der Waals surface area contributed by atoms with Crippen LogP contribution in [0.5, 0.6) is 0 Å². The number of hydrogen-bond acceptors (Lipinski definition) is 2. The van der Waals surface area contributed by atoms with Crippen LogP contribution in [-0.4, -0.2) is 14.5 Å². The Morgan fingerprint density at radius 2 is 2.21 bits per heavy atom. The zero-order chi connectivity index (χ0) is 10.1. The van der Waals surface area contributed by atoms with Crippen molar-refractivity contribution in [2.24, 2.45) is 14.1 Å². The quantitative estimate of drug-likeness (QED) is 0.616. The van der Waals surface area contributed by atoms with E-state index < -0.39 is 0 Å². The maximum Gasteiger partial charge on any atom is 0.307 e. The Bertz CT molecular complexity index is 439. The van der Waals surface area contributed by atoms with Gasteiger partial charge in [0.1, 0.15) is 18.7 Å². The summed E-state index contributed by atoms with van der Waals surface area (Å²) < 4.78 is 4.10. The third-order valence-corrected chi connectivity index (χ3v) is 2.29. The van der Waals surface area contributed by atoms with Gasteiger partial charge in [-0.05, 0) is 6.92 Å². The van der Waals surface area contributed by atoms with Crippen LogP contribution in [0.1, 0.15) is 5.56 Å². The van der Waals surface area contributed by atoms with E-state index in [-0.39, 0.29) is 0 Å². The lowest BCUT2D eigenvalue weighted by Gasteiger charge is -2.00. The molecule has 2 aromatic heterocycles. The van der Waals surface area contributed by atoms with E-state index in [0.29, 0.717) is 0 Å². The molecule has 0 atom stereocenters. The van der Waals surface area contributed by atoms with Gasteiger partial charge in [0, 0.05) is 11.8 Å². The monoisotopic (exact) mass is 189 g/mol. The molecule has 14 heavy (non-hydrogen) atoms. The second-order valence-corrected chi connectivity index (χ2v) is 3.40. The van der Waals surface area contributed by atoms with Crippen LogP contribution in [0, 0.1) is 6.92 Å². The van der Waals surface area contributed by atoms with E-state index in [1.807, 2.05) is 39.6 Å². The van der Waals surface area contributed by atoms with E-state index in [2.05, 4.69) is 19.1 Å². The van der Waals surface area contributed by atoms with E-state index in [0.717, 1.165) is 17.1 Å². The van der Waals surface area contributed by atoms with Crippen molar-refractivity contribution >= 4 is 0 Å².